The van der Waals surface area contributed by atoms with Crippen molar-refractivity contribution in [2.24, 2.45) is 5.92 Å². The topological polar surface area (TPSA) is 183 Å². The van der Waals surface area contributed by atoms with Gasteiger partial charge in [0, 0.05) is 38.8 Å². The maximum Gasteiger partial charge on any atom is 0.243 e. The van der Waals surface area contributed by atoms with Crippen LogP contribution in [0.2, 0.25) is 0 Å². The monoisotopic (exact) mass is 558 g/mol. The number of amides is 7. The van der Waals surface area contributed by atoms with Crippen LogP contribution in [-0.4, -0.2) is 85.5 Å². The van der Waals surface area contributed by atoms with E-state index in [0.717, 1.165) is 5.56 Å². The molecule has 0 aliphatic carbocycles. The summed E-state index contributed by atoms with van der Waals surface area (Å²) in [5.41, 5.74) is 0.794. The third-order valence-corrected chi connectivity index (χ3v) is 6.28. The lowest BCUT2D eigenvalue weighted by Crippen LogP contribution is -2.52. The van der Waals surface area contributed by atoms with Gasteiger partial charge < -0.3 is 26.6 Å². The molecule has 1 aromatic rings. The van der Waals surface area contributed by atoms with Crippen molar-refractivity contribution in [2.45, 2.75) is 51.5 Å². The molecule has 0 aromatic heterocycles. The Labute approximate surface area is 233 Å². The number of hydrogen-bond donors (Lipinski definition) is 5. The van der Waals surface area contributed by atoms with E-state index < -0.39 is 36.2 Å². The smallest absolute Gasteiger partial charge is 0.243 e. The first-order valence-electron chi connectivity index (χ1n) is 13.3. The second kappa shape index (κ2) is 16.6. The number of unbranched alkanes of at least 4 members (excludes halogenated alkanes) is 2. The fourth-order valence-electron chi connectivity index (χ4n) is 4.01. The van der Waals surface area contributed by atoms with Gasteiger partial charge in [-0.3, -0.25) is 38.5 Å². The van der Waals surface area contributed by atoms with Gasteiger partial charge in [0.1, 0.15) is 6.04 Å². The zero-order valence-electron chi connectivity index (χ0n) is 22.9. The van der Waals surface area contributed by atoms with Crippen molar-refractivity contribution < 1.29 is 33.6 Å². The van der Waals surface area contributed by atoms with Crippen LogP contribution in [0.3, 0.4) is 0 Å². The zero-order valence-corrected chi connectivity index (χ0v) is 22.9. The number of likely N-dealkylation sites (tertiary alicyclic amines) is 1. The van der Waals surface area contributed by atoms with Crippen LogP contribution in [0.25, 0.3) is 0 Å². The van der Waals surface area contributed by atoms with Crippen molar-refractivity contribution in [1.82, 2.24) is 31.5 Å². The van der Waals surface area contributed by atoms with E-state index in [4.69, 9.17) is 0 Å². The number of hydrogen-bond acceptors (Lipinski definition) is 7. The van der Waals surface area contributed by atoms with E-state index in [0.29, 0.717) is 25.8 Å². The second-order valence-corrected chi connectivity index (χ2v) is 9.55. The van der Waals surface area contributed by atoms with Gasteiger partial charge in [-0.2, -0.15) is 0 Å². The molecular weight excluding hydrogens is 520 g/mol. The van der Waals surface area contributed by atoms with Crippen molar-refractivity contribution in [2.75, 3.05) is 33.2 Å². The van der Waals surface area contributed by atoms with Crippen LogP contribution in [0.1, 0.15) is 44.6 Å². The molecule has 1 heterocycles. The van der Waals surface area contributed by atoms with Gasteiger partial charge >= 0.3 is 0 Å². The summed E-state index contributed by atoms with van der Waals surface area (Å²) in [6.07, 6.45) is 2.38. The van der Waals surface area contributed by atoms with Crippen molar-refractivity contribution in [3.8, 4) is 0 Å². The van der Waals surface area contributed by atoms with E-state index in [1.807, 2.05) is 6.07 Å². The van der Waals surface area contributed by atoms with Crippen LogP contribution in [-0.2, 0) is 40.0 Å². The van der Waals surface area contributed by atoms with Crippen molar-refractivity contribution >= 4 is 41.4 Å². The molecule has 0 spiro atoms. The molecule has 1 aromatic carbocycles. The van der Waals surface area contributed by atoms with Gasteiger partial charge in [0.25, 0.3) is 0 Å². The van der Waals surface area contributed by atoms with Gasteiger partial charge in [0.2, 0.25) is 41.4 Å². The maximum absolute atomic E-state index is 12.6. The first-order valence-corrected chi connectivity index (χ1v) is 13.3. The largest absolute Gasteiger partial charge is 0.358 e. The van der Waals surface area contributed by atoms with Gasteiger partial charge in [-0.05, 0) is 18.4 Å². The second-order valence-electron chi connectivity index (χ2n) is 9.55. The standard InChI is InChI=1S/C27H38N6O7/c1-18-13-25(38)33(27(18)40)12-8-4-7-11-21(34)29-16-23(36)30-17-24(37)32-20(14-19-9-5-3-6-10-19)26(39)31-15-22(35)28-2/h3,5-6,9-10,18,20H,4,7-8,11-17H2,1-2H3,(H,28,35)(H,29,34)(H,30,36)(H,31,39)(H,32,37). The Morgan fingerprint density at radius 2 is 1.50 bits per heavy atom. The predicted molar refractivity (Wildman–Crippen MR) is 144 cm³/mol. The minimum absolute atomic E-state index is 0.154. The van der Waals surface area contributed by atoms with Gasteiger partial charge in [-0.15, -0.1) is 0 Å². The quantitative estimate of drug-likeness (QED) is 0.124. The first-order chi connectivity index (χ1) is 19.1. The minimum atomic E-state index is -0.971. The molecule has 1 aliphatic rings. The molecule has 1 fully saturated rings. The third kappa shape index (κ3) is 11.2. The average molecular weight is 559 g/mol. The molecule has 1 aliphatic heterocycles. The Hall–Kier alpha value is -4.29. The highest BCUT2D eigenvalue weighted by Gasteiger charge is 2.34. The molecule has 13 nitrogen and oxygen atoms in total. The minimum Gasteiger partial charge on any atom is -0.358 e. The van der Waals surface area contributed by atoms with Crippen LogP contribution in [0, 0.1) is 5.92 Å². The van der Waals surface area contributed by atoms with Crippen LogP contribution in [0.4, 0.5) is 0 Å². The van der Waals surface area contributed by atoms with E-state index in [2.05, 4.69) is 26.6 Å². The fraction of sp³-hybridized carbons (Fsp3) is 0.519. The number of carbonyl (C=O) groups excluding carboxylic acids is 7. The Kier molecular flexibility index (Phi) is 13.3. The summed E-state index contributed by atoms with van der Waals surface area (Å²) in [4.78, 5) is 85.5. The molecule has 40 heavy (non-hydrogen) atoms. The summed E-state index contributed by atoms with van der Waals surface area (Å²) in [5.74, 6) is -3.05. The Morgan fingerprint density at radius 1 is 0.850 bits per heavy atom. The number of rotatable bonds is 16. The summed E-state index contributed by atoms with van der Waals surface area (Å²) >= 11 is 0. The highest BCUT2D eigenvalue weighted by molar-refractivity contribution is 6.03. The molecule has 0 radical (unpaired) electrons. The Morgan fingerprint density at radius 3 is 2.15 bits per heavy atom. The van der Waals surface area contributed by atoms with Gasteiger partial charge in [-0.25, -0.2) is 0 Å². The molecule has 2 atom stereocenters. The van der Waals surface area contributed by atoms with Gasteiger partial charge in [-0.1, -0.05) is 43.7 Å². The number of imide groups is 1. The predicted octanol–water partition coefficient (Wildman–Crippen LogP) is -1.24. The maximum atomic E-state index is 12.6. The van der Waals surface area contributed by atoms with Crippen LogP contribution in [0.5, 0.6) is 0 Å². The molecule has 13 heteroatoms. The van der Waals surface area contributed by atoms with Crippen LogP contribution >= 0.6 is 0 Å². The molecule has 5 N–H and O–H groups in total. The number of carbonyl (C=O) groups is 7. The van der Waals surface area contributed by atoms with E-state index in [1.165, 1.54) is 11.9 Å². The first kappa shape index (κ1) is 31.9. The average Bonchev–Trinajstić information content (AvgIpc) is 3.19. The zero-order chi connectivity index (χ0) is 29.5. The van der Waals surface area contributed by atoms with E-state index in [1.54, 1.807) is 31.2 Å². The molecular formula is C27H38N6O7. The highest BCUT2D eigenvalue weighted by atomic mass is 16.2. The fourth-order valence-corrected chi connectivity index (χ4v) is 4.01. The van der Waals surface area contributed by atoms with E-state index in [-0.39, 0.29) is 56.0 Å². The number of nitrogens with one attached hydrogen (secondary N) is 5. The lowest BCUT2D eigenvalue weighted by Gasteiger charge is -2.19. The summed E-state index contributed by atoms with van der Waals surface area (Å²) in [5, 5.41) is 12.3. The third-order valence-electron chi connectivity index (χ3n) is 6.28. The molecule has 1 saturated heterocycles. The normalized spacial score (nSPS) is 15.2. The molecule has 0 bridgehead atoms. The molecule has 2 rings (SSSR count). The van der Waals surface area contributed by atoms with Crippen molar-refractivity contribution in [3.63, 3.8) is 0 Å². The van der Waals surface area contributed by atoms with Crippen LogP contribution < -0.4 is 26.6 Å². The lowest BCUT2D eigenvalue weighted by atomic mass is 10.1. The lowest BCUT2D eigenvalue weighted by molar-refractivity contribution is -0.139. The summed E-state index contributed by atoms with van der Waals surface area (Å²) in [6.45, 7) is 1.10. The molecule has 0 saturated carbocycles. The molecule has 7 amide bonds. The van der Waals surface area contributed by atoms with Crippen molar-refractivity contribution in [3.05, 3.63) is 35.9 Å². The SMILES string of the molecule is CNC(=O)CNC(=O)C(Cc1ccccc1)NC(=O)CNC(=O)CNC(=O)CCCCCN1C(=O)CC(C)C1=O. The number of benzene rings is 1. The number of likely N-dealkylation sites (N-methyl/N-ethyl adjacent to an activating group) is 1. The Balaban J connectivity index is 1.67. The highest BCUT2D eigenvalue weighted by Crippen LogP contribution is 2.19. The van der Waals surface area contributed by atoms with Crippen LogP contribution in [0.15, 0.2) is 30.3 Å². The van der Waals surface area contributed by atoms with Gasteiger partial charge in [0.15, 0.2) is 0 Å². The van der Waals surface area contributed by atoms with E-state index in [9.17, 15) is 33.6 Å². The van der Waals surface area contributed by atoms with Gasteiger partial charge in [0.05, 0.1) is 19.6 Å². The Bertz CT molecular complexity index is 1080. The summed E-state index contributed by atoms with van der Waals surface area (Å²) < 4.78 is 0. The van der Waals surface area contributed by atoms with Crippen molar-refractivity contribution in [1.29, 1.82) is 0 Å². The van der Waals surface area contributed by atoms with E-state index >= 15 is 0 Å². The number of nitrogens with zero attached hydrogens (tertiary/aromatic N) is 1. The summed E-state index contributed by atoms with van der Waals surface area (Å²) in [7, 11) is 1.44. The summed E-state index contributed by atoms with van der Waals surface area (Å²) in [6, 6.07) is 8.03. The molecule has 218 valence electrons. The molecule has 2 unspecified atom stereocenters.